The number of alkyl halides is 3. The number of thioether (sulfide) groups is 1. The smallest absolute Gasteiger partial charge is 0.416 e. The third kappa shape index (κ3) is 6.76. The van der Waals surface area contributed by atoms with Crippen molar-refractivity contribution in [2.45, 2.75) is 11.1 Å². The monoisotopic (exact) mass is 491 g/mol. The van der Waals surface area contributed by atoms with Crippen molar-refractivity contribution >= 4 is 46.6 Å². The third-order valence-electron chi connectivity index (χ3n) is 4.08. The molecule has 0 heterocycles. The molecule has 172 valence electrons. The molecule has 8 nitrogen and oxygen atoms in total. The summed E-state index contributed by atoms with van der Waals surface area (Å²) in [5.74, 6) is -1.07. The van der Waals surface area contributed by atoms with Gasteiger partial charge in [-0.25, -0.2) is 0 Å². The second-order valence-electron chi connectivity index (χ2n) is 6.37. The summed E-state index contributed by atoms with van der Waals surface area (Å²) in [6, 6.07) is 6.66. The average Bonchev–Trinajstić information content (AvgIpc) is 2.71. The molecule has 0 aromatic heterocycles. The highest BCUT2D eigenvalue weighted by molar-refractivity contribution is 8.00. The van der Waals surface area contributed by atoms with E-state index in [1.807, 2.05) is 0 Å². The molecular formula is C19H17ClF3N3O5S. The molecule has 2 aromatic carbocycles. The number of likely N-dealkylation sites (N-methyl/N-ethyl adjacent to an activating group) is 1. The lowest BCUT2D eigenvalue weighted by molar-refractivity contribution is -0.388. The Balaban J connectivity index is 2.00. The molecule has 0 radical (unpaired) electrons. The number of carbonyl (C=O) groups is 2. The lowest BCUT2D eigenvalue weighted by Gasteiger charge is -2.17. The Bertz CT molecular complexity index is 1040. The van der Waals surface area contributed by atoms with Crippen LogP contribution in [0.25, 0.3) is 0 Å². The number of methoxy groups -OCH3 is 1. The zero-order valence-electron chi connectivity index (χ0n) is 16.7. The Labute approximate surface area is 189 Å². The topological polar surface area (TPSA) is 102 Å². The molecule has 0 saturated heterocycles. The molecule has 0 aliphatic carbocycles. The second-order valence-corrected chi connectivity index (χ2v) is 7.82. The number of rotatable bonds is 8. The highest BCUT2D eigenvalue weighted by Crippen LogP contribution is 2.36. The Morgan fingerprint density at radius 2 is 1.94 bits per heavy atom. The molecule has 32 heavy (non-hydrogen) atoms. The lowest BCUT2D eigenvalue weighted by Crippen LogP contribution is -2.36. The zero-order valence-corrected chi connectivity index (χ0v) is 18.3. The number of benzene rings is 2. The summed E-state index contributed by atoms with van der Waals surface area (Å²) in [6.45, 7) is -0.343. The molecule has 0 saturated carbocycles. The number of nitrogens with zero attached hydrogens (tertiary/aromatic N) is 2. The summed E-state index contributed by atoms with van der Waals surface area (Å²) in [6.07, 6.45) is -4.73. The van der Waals surface area contributed by atoms with Gasteiger partial charge in [-0.1, -0.05) is 11.6 Å². The predicted molar refractivity (Wildman–Crippen MR) is 113 cm³/mol. The molecule has 2 rings (SSSR count). The van der Waals surface area contributed by atoms with Crippen LogP contribution in [-0.2, 0) is 15.8 Å². The normalized spacial score (nSPS) is 11.1. The standard InChI is InChI=1S/C19H17ClF3N3O5S/c1-25(9-17(27)24-13-8-12(20)4-5-15(13)31-2)18(28)10-32-16-6-3-11(19(21,22)23)7-14(16)26(29)30/h3-8H,9-10H2,1-2H3,(H,24,27). The number of hydrogen-bond donors (Lipinski definition) is 1. The van der Waals surface area contributed by atoms with Crippen LogP contribution in [0.5, 0.6) is 5.75 Å². The molecule has 0 aliphatic heterocycles. The first kappa shape index (κ1) is 25.3. The first-order valence-corrected chi connectivity index (χ1v) is 10.1. The number of carbonyl (C=O) groups excluding carboxylic acids is 2. The number of ether oxygens (including phenoxy) is 1. The van der Waals surface area contributed by atoms with Gasteiger partial charge in [0.05, 0.1) is 40.5 Å². The van der Waals surface area contributed by atoms with Crippen molar-refractivity contribution in [2.24, 2.45) is 0 Å². The molecule has 0 unspecified atom stereocenters. The molecular weight excluding hydrogens is 475 g/mol. The van der Waals surface area contributed by atoms with Crippen molar-refractivity contribution in [3.63, 3.8) is 0 Å². The maximum absolute atomic E-state index is 12.8. The number of hydrogen-bond acceptors (Lipinski definition) is 6. The van der Waals surface area contributed by atoms with Gasteiger partial charge in [-0.15, -0.1) is 11.8 Å². The largest absolute Gasteiger partial charge is 0.495 e. The summed E-state index contributed by atoms with van der Waals surface area (Å²) < 4.78 is 43.5. The van der Waals surface area contributed by atoms with Crippen LogP contribution in [0, 0.1) is 10.1 Å². The molecule has 1 N–H and O–H groups in total. The Hall–Kier alpha value is -2.99. The zero-order chi connectivity index (χ0) is 24.1. The van der Waals surface area contributed by atoms with E-state index in [1.165, 1.54) is 20.2 Å². The van der Waals surface area contributed by atoms with Gasteiger partial charge in [0.25, 0.3) is 5.69 Å². The van der Waals surface area contributed by atoms with E-state index < -0.39 is 34.2 Å². The molecule has 0 fully saturated rings. The first-order chi connectivity index (χ1) is 14.9. The number of nitro groups is 1. The van der Waals surface area contributed by atoms with Crippen molar-refractivity contribution in [1.29, 1.82) is 0 Å². The molecule has 0 atom stereocenters. The van der Waals surface area contributed by atoms with Crippen LogP contribution in [0.4, 0.5) is 24.5 Å². The number of nitro benzene ring substituents is 1. The molecule has 0 spiro atoms. The highest BCUT2D eigenvalue weighted by Gasteiger charge is 2.33. The van der Waals surface area contributed by atoms with E-state index in [-0.39, 0.29) is 17.2 Å². The minimum absolute atomic E-state index is 0.0992. The van der Waals surface area contributed by atoms with Gasteiger partial charge in [-0.05, 0) is 30.3 Å². The molecule has 2 amide bonds. The first-order valence-electron chi connectivity index (χ1n) is 8.78. The second kappa shape index (κ2) is 10.6. The highest BCUT2D eigenvalue weighted by atomic mass is 35.5. The average molecular weight is 492 g/mol. The van der Waals surface area contributed by atoms with Gasteiger partial charge >= 0.3 is 6.18 Å². The number of nitrogens with one attached hydrogen (secondary N) is 1. The number of halogens is 4. The summed E-state index contributed by atoms with van der Waals surface area (Å²) in [5, 5.41) is 14.1. The molecule has 0 aliphatic rings. The van der Waals surface area contributed by atoms with Crippen molar-refractivity contribution in [3.05, 3.63) is 57.1 Å². The van der Waals surface area contributed by atoms with Crippen LogP contribution < -0.4 is 10.1 Å². The maximum atomic E-state index is 12.8. The van der Waals surface area contributed by atoms with Gasteiger partial charge < -0.3 is 15.0 Å². The van der Waals surface area contributed by atoms with Gasteiger partial charge in [0, 0.05) is 18.1 Å². The Kier molecular flexibility index (Phi) is 8.33. The Morgan fingerprint density at radius 1 is 1.25 bits per heavy atom. The van der Waals surface area contributed by atoms with E-state index in [1.54, 1.807) is 12.1 Å². The third-order valence-corrected chi connectivity index (χ3v) is 5.36. The van der Waals surface area contributed by atoms with E-state index >= 15 is 0 Å². The maximum Gasteiger partial charge on any atom is 0.416 e. The summed E-state index contributed by atoms with van der Waals surface area (Å²) in [7, 11) is 2.76. The fraction of sp³-hybridized carbons (Fsp3) is 0.263. The molecule has 0 bridgehead atoms. The minimum atomic E-state index is -4.73. The van der Waals surface area contributed by atoms with Gasteiger partial charge in [-0.2, -0.15) is 13.2 Å². The quantitative estimate of drug-likeness (QED) is 0.332. The van der Waals surface area contributed by atoms with Crippen LogP contribution >= 0.6 is 23.4 Å². The van der Waals surface area contributed by atoms with Crippen LogP contribution in [0.3, 0.4) is 0 Å². The van der Waals surface area contributed by atoms with E-state index in [0.717, 1.165) is 11.0 Å². The van der Waals surface area contributed by atoms with E-state index in [0.29, 0.717) is 40.4 Å². The lowest BCUT2D eigenvalue weighted by atomic mass is 10.2. The van der Waals surface area contributed by atoms with Crippen LogP contribution in [0.15, 0.2) is 41.3 Å². The van der Waals surface area contributed by atoms with Crippen LogP contribution in [-0.4, -0.2) is 48.1 Å². The van der Waals surface area contributed by atoms with Crippen molar-refractivity contribution in [3.8, 4) is 5.75 Å². The SMILES string of the molecule is COc1ccc(Cl)cc1NC(=O)CN(C)C(=O)CSc1ccc(C(F)(F)F)cc1[N+](=O)[O-]. The van der Waals surface area contributed by atoms with Gasteiger partial charge in [-0.3, -0.25) is 19.7 Å². The number of amides is 2. The fourth-order valence-electron chi connectivity index (χ4n) is 2.48. The van der Waals surface area contributed by atoms with E-state index in [4.69, 9.17) is 16.3 Å². The van der Waals surface area contributed by atoms with Crippen molar-refractivity contribution in [1.82, 2.24) is 4.90 Å². The summed E-state index contributed by atoms with van der Waals surface area (Å²) in [4.78, 5) is 35.7. The van der Waals surface area contributed by atoms with E-state index in [9.17, 15) is 32.9 Å². The molecule has 2 aromatic rings. The fourth-order valence-corrected chi connectivity index (χ4v) is 3.60. The van der Waals surface area contributed by atoms with Crippen LogP contribution in [0.1, 0.15) is 5.56 Å². The van der Waals surface area contributed by atoms with Crippen molar-refractivity contribution in [2.75, 3.05) is 31.8 Å². The molecule has 13 heteroatoms. The van der Waals surface area contributed by atoms with Crippen molar-refractivity contribution < 1.29 is 32.4 Å². The summed E-state index contributed by atoms with van der Waals surface area (Å²) >= 11 is 6.60. The number of anilines is 1. The predicted octanol–water partition coefficient (Wildman–Crippen LogP) is 4.46. The Morgan fingerprint density at radius 3 is 2.53 bits per heavy atom. The van der Waals surface area contributed by atoms with Gasteiger partial charge in [0.15, 0.2) is 0 Å². The van der Waals surface area contributed by atoms with Gasteiger partial charge in [0.2, 0.25) is 11.8 Å². The van der Waals surface area contributed by atoms with Gasteiger partial charge in [0.1, 0.15) is 5.75 Å². The van der Waals surface area contributed by atoms with E-state index in [2.05, 4.69) is 5.32 Å². The summed E-state index contributed by atoms with van der Waals surface area (Å²) in [5.41, 5.74) is -1.61. The minimum Gasteiger partial charge on any atom is -0.495 e. The van der Waals surface area contributed by atoms with Crippen LogP contribution in [0.2, 0.25) is 5.02 Å².